The van der Waals surface area contributed by atoms with Crippen molar-refractivity contribution in [2.24, 2.45) is 4.99 Å². The van der Waals surface area contributed by atoms with Crippen LogP contribution in [0.2, 0.25) is 0 Å². The van der Waals surface area contributed by atoms with Gasteiger partial charge in [-0.3, -0.25) is 4.99 Å². The first-order chi connectivity index (χ1) is 9.78. The highest BCUT2D eigenvalue weighted by atomic mass is 16.5. The first-order valence-corrected chi connectivity index (χ1v) is 7.96. The molecule has 0 bridgehead atoms. The number of aliphatic imine (C=N–C) groups is 1. The number of hydrogen-bond donors (Lipinski definition) is 2. The van der Waals surface area contributed by atoms with E-state index in [0.717, 1.165) is 38.6 Å². The van der Waals surface area contributed by atoms with Crippen molar-refractivity contribution in [3.05, 3.63) is 0 Å². The summed E-state index contributed by atoms with van der Waals surface area (Å²) >= 11 is 0. The van der Waals surface area contributed by atoms with Gasteiger partial charge in [-0.1, -0.05) is 12.8 Å². The van der Waals surface area contributed by atoms with Crippen LogP contribution < -0.4 is 10.6 Å². The summed E-state index contributed by atoms with van der Waals surface area (Å²) in [5, 5.41) is 6.89. The second kappa shape index (κ2) is 7.84. The predicted octanol–water partition coefficient (Wildman–Crippen LogP) is 1.68. The Bertz CT molecular complexity index is 308. The minimum atomic E-state index is -0.143. The fraction of sp³-hybridized carbons (Fsp3) is 0.933. The summed E-state index contributed by atoms with van der Waals surface area (Å²) < 4.78 is 11.2. The Morgan fingerprint density at radius 1 is 1.30 bits per heavy atom. The minimum Gasteiger partial charge on any atom is -0.381 e. The van der Waals surface area contributed by atoms with Gasteiger partial charge >= 0.3 is 0 Å². The summed E-state index contributed by atoms with van der Waals surface area (Å²) in [7, 11) is 1.79. The van der Waals surface area contributed by atoms with E-state index in [2.05, 4.69) is 17.6 Å². The first-order valence-electron chi connectivity index (χ1n) is 7.96. The highest BCUT2D eigenvalue weighted by molar-refractivity contribution is 5.80. The molecule has 1 aliphatic heterocycles. The number of nitrogens with one attached hydrogen (secondary N) is 2. The summed E-state index contributed by atoms with van der Waals surface area (Å²) in [6.07, 6.45) is 7.03. The van der Waals surface area contributed by atoms with Crippen molar-refractivity contribution in [2.75, 3.05) is 33.4 Å². The average molecular weight is 283 g/mol. The molecule has 0 spiro atoms. The second-order valence-corrected chi connectivity index (χ2v) is 5.82. The molecule has 0 atom stereocenters. The van der Waals surface area contributed by atoms with Crippen LogP contribution in [0.25, 0.3) is 0 Å². The Morgan fingerprint density at radius 3 is 2.60 bits per heavy atom. The molecule has 0 aromatic heterocycles. The molecule has 2 rings (SSSR count). The molecule has 1 saturated carbocycles. The zero-order valence-electron chi connectivity index (χ0n) is 12.9. The quantitative estimate of drug-likeness (QED) is 0.595. The van der Waals surface area contributed by atoms with Crippen molar-refractivity contribution < 1.29 is 9.47 Å². The van der Waals surface area contributed by atoms with Crippen molar-refractivity contribution in [2.45, 2.75) is 57.1 Å². The number of methoxy groups -OCH3 is 1. The molecule has 5 nitrogen and oxygen atoms in total. The lowest BCUT2D eigenvalue weighted by Gasteiger charge is -2.34. The van der Waals surface area contributed by atoms with Crippen molar-refractivity contribution in [1.82, 2.24) is 10.6 Å². The topological polar surface area (TPSA) is 54.9 Å². The fourth-order valence-electron chi connectivity index (χ4n) is 2.98. The van der Waals surface area contributed by atoms with E-state index >= 15 is 0 Å². The normalized spacial score (nSPS) is 23.8. The van der Waals surface area contributed by atoms with Crippen molar-refractivity contribution in [3.8, 4) is 0 Å². The van der Waals surface area contributed by atoms with Crippen LogP contribution in [0.15, 0.2) is 4.99 Å². The van der Waals surface area contributed by atoms with Gasteiger partial charge in [-0.15, -0.1) is 0 Å². The molecule has 0 aromatic carbocycles. The Hall–Kier alpha value is -0.810. The van der Waals surface area contributed by atoms with Gasteiger partial charge in [-0.05, 0) is 19.8 Å². The first kappa shape index (κ1) is 15.6. The maximum atomic E-state index is 5.73. The summed E-state index contributed by atoms with van der Waals surface area (Å²) in [5.41, 5.74) is -0.143. The highest BCUT2D eigenvalue weighted by Crippen LogP contribution is 2.24. The van der Waals surface area contributed by atoms with Crippen LogP contribution in [0.5, 0.6) is 0 Å². The van der Waals surface area contributed by atoms with Crippen LogP contribution in [0.3, 0.4) is 0 Å². The molecule has 1 heterocycles. The van der Waals surface area contributed by atoms with Gasteiger partial charge in [0.2, 0.25) is 0 Å². The van der Waals surface area contributed by atoms with Crippen LogP contribution in [0.1, 0.15) is 45.4 Å². The SMILES string of the molecule is CCNC(=NCC1(OC)CCOCC1)NC1CCCC1. The Morgan fingerprint density at radius 2 is 2.00 bits per heavy atom. The van der Waals surface area contributed by atoms with Gasteiger partial charge in [-0.25, -0.2) is 0 Å². The molecule has 0 amide bonds. The van der Waals surface area contributed by atoms with Crippen LogP contribution in [-0.2, 0) is 9.47 Å². The standard InChI is InChI=1S/C15H29N3O2/c1-3-16-14(18-13-6-4-5-7-13)17-12-15(19-2)8-10-20-11-9-15/h13H,3-12H2,1-2H3,(H2,16,17,18). The van der Waals surface area contributed by atoms with E-state index in [9.17, 15) is 0 Å². The number of hydrogen-bond acceptors (Lipinski definition) is 3. The summed E-state index contributed by atoms with van der Waals surface area (Å²) in [4.78, 5) is 4.76. The zero-order chi connectivity index (χ0) is 14.3. The Kier molecular flexibility index (Phi) is 6.10. The van der Waals surface area contributed by atoms with Gasteiger partial charge in [0, 0.05) is 45.8 Å². The molecule has 1 saturated heterocycles. The largest absolute Gasteiger partial charge is 0.381 e. The van der Waals surface area contributed by atoms with E-state index in [0.29, 0.717) is 12.6 Å². The van der Waals surface area contributed by atoms with Gasteiger partial charge in [-0.2, -0.15) is 0 Å². The lowest BCUT2D eigenvalue weighted by molar-refractivity contribution is -0.0828. The molecule has 5 heteroatoms. The average Bonchev–Trinajstić information content (AvgIpc) is 2.99. The number of guanidine groups is 1. The molecule has 1 aliphatic carbocycles. The molecule has 2 fully saturated rings. The second-order valence-electron chi connectivity index (χ2n) is 5.82. The molecular formula is C15H29N3O2. The van der Waals surface area contributed by atoms with Gasteiger partial charge < -0.3 is 20.1 Å². The van der Waals surface area contributed by atoms with Gasteiger partial charge in [0.05, 0.1) is 12.1 Å². The molecule has 0 radical (unpaired) electrons. The van der Waals surface area contributed by atoms with E-state index in [-0.39, 0.29) is 5.60 Å². The third-order valence-electron chi connectivity index (χ3n) is 4.40. The highest BCUT2D eigenvalue weighted by Gasteiger charge is 2.32. The number of ether oxygens (including phenoxy) is 2. The number of nitrogens with zero attached hydrogens (tertiary/aromatic N) is 1. The Labute approximate surface area is 122 Å². The number of rotatable bonds is 5. The summed E-state index contributed by atoms with van der Waals surface area (Å²) in [6, 6.07) is 0.584. The van der Waals surface area contributed by atoms with E-state index in [1.807, 2.05) is 0 Å². The molecule has 2 aliphatic rings. The monoisotopic (exact) mass is 283 g/mol. The molecular weight excluding hydrogens is 254 g/mol. The molecule has 20 heavy (non-hydrogen) atoms. The third-order valence-corrected chi connectivity index (χ3v) is 4.40. The lowest BCUT2D eigenvalue weighted by atomic mass is 9.94. The summed E-state index contributed by atoms with van der Waals surface area (Å²) in [5.74, 6) is 0.933. The molecule has 2 N–H and O–H groups in total. The van der Waals surface area contributed by atoms with Gasteiger partial charge in [0.1, 0.15) is 0 Å². The van der Waals surface area contributed by atoms with Gasteiger partial charge in [0.25, 0.3) is 0 Å². The minimum absolute atomic E-state index is 0.143. The smallest absolute Gasteiger partial charge is 0.191 e. The van der Waals surface area contributed by atoms with Crippen molar-refractivity contribution in [1.29, 1.82) is 0 Å². The Balaban J connectivity index is 1.92. The molecule has 116 valence electrons. The summed E-state index contributed by atoms with van der Waals surface area (Å²) in [6.45, 7) is 5.24. The van der Waals surface area contributed by atoms with Crippen LogP contribution in [-0.4, -0.2) is 51.0 Å². The predicted molar refractivity (Wildman–Crippen MR) is 81.2 cm³/mol. The maximum absolute atomic E-state index is 5.73. The fourth-order valence-corrected chi connectivity index (χ4v) is 2.98. The maximum Gasteiger partial charge on any atom is 0.191 e. The van der Waals surface area contributed by atoms with Gasteiger partial charge in [0.15, 0.2) is 5.96 Å². The van der Waals surface area contributed by atoms with Crippen molar-refractivity contribution >= 4 is 5.96 Å². The third kappa shape index (κ3) is 4.35. The van der Waals surface area contributed by atoms with Crippen LogP contribution in [0, 0.1) is 0 Å². The van der Waals surface area contributed by atoms with E-state index in [1.165, 1.54) is 25.7 Å². The van der Waals surface area contributed by atoms with Crippen LogP contribution >= 0.6 is 0 Å². The van der Waals surface area contributed by atoms with E-state index < -0.39 is 0 Å². The molecule has 0 unspecified atom stereocenters. The van der Waals surface area contributed by atoms with Crippen molar-refractivity contribution in [3.63, 3.8) is 0 Å². The molecule has 0 aromatic rings. The van der Waals surface area contributed by atoms with E-state index in [4.69, 9.17) is 14.5 Å². The van der Waals surface area contributed by atoms with E-state index in [1.54, 1.807) is 7.11 Å². The van der Waals surface area contributed by atoms with Crippen LogP contribution in [0.4, 0.5) is 0 Å². The zero-order valence-corrected chi connectivity index (χ0v) is 12.9. The lowest BCUT2D eigenvalue weighted by Crippen LogP contribution is -2.45.